The van der Waals surface area contributed by atoms with Crippen molar-refractivity contribution >= 4 is 0 Å². The van der Waals surface area contributed by atoms with Crippen LogP contribution in [0.2, 0.25) is 0 Å². The molecule has 6 heteroatoms. The first-order valence-corrected chi connectivity index (χ1v) is 4.83. The quantitative estimate of drug-likeness (QED) is 0.749. The first kappa shape index (κ1) is 10.4. The molecule has 2 aromatic heterocycles. The summed E-state index contributed by atoms with van der Waals surface area (Å²) in [6.45, 7) is 1.29. The minimum Gasteiger partial charge on any atom is -0.449 e. The zero-order valence-electron chi connectivity index (χ0n) is 8.51. The summed E-state index contributed by atoms with van der Waals surface area (Å²) < 4.78 is 10.0. The monoisotopic (exact) mass is 218 g/mol. The highest BCUT2D eigenvalue weighted by Gasteiger charge is 2.01. The molecule has 0 aliphatic carbocycles. The second-order valence-corrected chi connectivity index (χ2v) is 3.14. The Kier molecular flexibility index (Phi) is 3.31. The molecular formula is C10H10N4O2. The van der Waals surface area contributed by atoms with E-state index in [1.54, 1.807) is 12.1 Å². The molecule has 0 saturated heterocycles. The Bertz CT molecular complexity index is 469. The number of hydrogen-bond acceptors (Lipinski definition) is 6. The van der Waals surface area contributed by atoms with E-state index in [0.29, 0.717) is 31.2 Å². The number of nitriles is 1. The van der Waals surface area contributed by atoms with E-state index in [-0.39, 0.29) is 0 Å². The summed E-state index contributed by atoms with van der Waals surface area (Å²) in [6, 6.07) is 5.36. The van der Waals surface area contributed by atoms with Gasteiger partial charge in [0.25, 0.3) is 0 Å². The van der Waals surface area contributed by atoms with Crippen LogP contribution in [-0.2, 0) is 13.0 Å². The lowest BCUT2D eigenvalue weighted by Crippen LogP contribution is -2.16. The van der Waals surface area contributed by atoms with Crippen LogP contribution in [-0.4, -0.2) is 16.7 Å². The summed E-state index contributed by atoms with van der Waals surface area (Å²) in [7, 11) is 0. The predicted octanol–water partition coefficient (Wildman–Crippen LogP) is 0.867. The number of furan rings is 1. The molecule has 0 spiro atoms. The third-order valence-electron chi connectivity index (χ3n) is 1.99. The number of rotatable bonds is 5. The highest BCUT2D eigenvalue weighted by atomic mass is 16.5. The summed E-state index contributed by atoms with van der Waals surface area (Å²) in [4.78, 5) is 3.89. The maximum absolute atomic E-state index is 8.56. The Hall–Kier alpha value is -2.13. The number of aromatic nitrogens is 2. The second-order valence-electron chi connectivity index (χ2n) is 3.14. The van der Waals surface area contributed by atoms with Crippen LogP contribution in [0.15, 0.2) is 27.4 Å². The van der Waals surface area contributed by atoms with Crippen molar-refractivity contribution in [1.29, 1.82) is 5.26 Å². The lowest BCUT2D eigenvalue weighted by atomic mass is 10.4. The van der Waals surface area contributed by atoms with Crippen molar-refractivity contribution in [3.63, 3.8) is 0 Å². The third kappa shape index (κ3) is 2.68. The molecule has 0 amide bonds. The van der Waals surface area contributed by atoms with E-state index in [1.807, 2.05) is 6.07 Å². The van der Waals surface area contributed by atoms with Gasteiger partial charge in [-0.25, -0.2) is 0 Å². The van der Waals surface area contributed by atoms with Crippen molar-refractivity contribution in [3.05, 3.63) is 35.9 Å². The van der Waals surface area contributed by atoms with Gasteiger partial charge in [-0.3, -0.25) is 0 Å². The topological polar surface area (TPSA) is 87.9 Å². The Morgan fingerprint density at radius 2 is 2.38 bits per heavy atom. The van der Waals surface area contributed by atoms with Gasteiger partial charge in [0.1, 0.15) is 11.8 Å². The number of nitrogens with zero attached hydrogens (tertiary/aromatic N) is 3. The molecule has 0 aliphatic heterocycles. The zero-order valence-corrected chi connectivity index (χ0v) is 8.51. The fourth-order valence-corrected chi connectivity index (χ4v) is 1.25. The van der Waals surface area contributed by atoms with Crippen molar-refractivity contribution < 1.29 is 8.94 Å². The van der Waals surface area contributed by atoms with Crippen molar-refractivity contribution in [2.24, 2.45) is 0 Å². The van der Waals surface area contributed by atoms with Crippen LogP contribution in [0.5, 0.6) is 0 Å². The van der Waals surface area contributed by atoms with Gasteiger partial charge in [0.05, 0.1) is 6.54 Å². The lowest BCUT2D eigenvalue weighted by Gasteiger charge is -1.98. The highest BCUT2D eigenvalue weighted by molar-refractivity contribution is 5.18. The van der Waals surface area contributed by atoms with Crippen molar-refractivity contribution in [2.75, 3.05) is 6.54 Å². The molecule has 82 valence electrons. The molecule has 0 bridgehead atoms. The van der Waals surface area contributed by atoms with Gasteiger partial charge in [-0.05, 0) is 12.1 Å². The molecule has 2 rings (SSSR count). The largest absolute Gasteiger partial charge is 0.449 e. The van der Waals surface area contributed by atoms with Crippen molar-refractivity contribution in [3.8, 4) is 6.07 Å². The van der Waals surface area contributed by atoms with Gasteiger partial charge < -0.3 is 14.3 Å². The van der Waals surface area contributed by atoms with Crippen LogP contribution < -0.4 is 5.32 Å². The summed E-state index contributed by atoms with van der Waals surface area (Å²) >= 11 is 0. The molecule has 6 nitrogen and oxygen atoms in total. The number of nitrogens with one attached hydrogen (secondary N) is 1. The molecule has 0 saturated carbocycles. The van der Waals surface area contributed by atoms with E-state index >= 15 is 0 Å². The summed E-state index contributed by atoms with van der Waals surface area (Å²) in [5.41, 5.74) is 0. The molecule has 0 aliphatic rings. The van der Waals surface area contributed by atoms with Gasteiger partial charge in [0, 0.05) is 13.0 Å². The summed E-state index contributed by atoms with van der Waals surface area (Å²) in [5.74, 6) is 1.67. The fraction of sp³-hybridized carbons (Fsp3) is 0.300. The molecule has 0 fully saturated rings. The molecule has 2 aromatic rings. The molecule has 0 aromatic carbocycles. The molecular weight excluding hydrogens is 208 g/mol. The van der Waals surface area contributed by atoms with Gasteiger partial charge in [-0.1, -0.05) is 5.16 Å². The van der Waals surface area contributed by atoms with Crippen LogP contribution in [0, 0.1) is 11.3 Å². The first-order chi connectivity index (χ1) is 7.88. The lowest BCUT2D eigenvalue weighted by molar-refractivity contribution is 0.373. The maximum atomic E-state index is 8.56. The van der Waals surface area contributed by atoms with E-state index in [2.05, 4.69) is 15.5 Å². The Balaban J connectivity index is 1.70. The van der Waals surface area contributed by atoms with Gasteiger partial charge in [-0.15, -0.1) is 0 Å². The Morgan fingerprint density at radius 1 is 1.44 bits per heavy atom. The van der Waals surface area contributed by atoms with E-state index < -0.39 is 0 Å². The average Bonchev–Trinajstić information content (AvgIpc) is 2.95. The van der Waals surface area contributed by atoms with E-state index in [0.717, 1.165) is 5.76 Å². The summed E-state index contributed by atoms with van der Waals surface area (Å²) in [6.07, 6.45) is 2.05. The minimum atomic E-state index is 0.328. The average molecular weight is 218 g/mol. The van der Waals surface area contributed by atoms with Crippen LogP contribution in [0.25, 0.3) is 0 Å². The standard InChI is InChI=1S/C10H10N4O2/c11-5-8-1-2-9(15-8)6-12-4-3-10-13-7-14-16-10/h1-2,7,12H,3-4,6H2. The van der Waals surface area contributed by atoms with Gasteiger partial charge in [0.2, 0.25) is 11.7 Å². The van der Waals surface area contributed by atoms with E-state index in [1.165, 1.54) is 6.33 Å². The fourth-order valence-electron chi connectivity index (χ4n) is 1.25. The van der Waals surface area contributed by atoms with E-state index in [4.69, 9.17) is 14.2 Å². The van der Waals surface area contributed by atoms with E-state index in [9.17, 15) is 0 Å². The van der Waals surface area contributed by atoms with Crippen molar-refractivity contribution in [2.45, 2.75) is 13.0 Å². The van der Waals surface area contributed by atoms with Crippen LogP contribution in [0.3, 0.4) is 0 Å². The van der Waals surface area contributed by atoms with Crippen molar-refractivity contribution in [1.82, 2.24) is 15.5 Å². The molecule has 0 atom stereocenters. The predicted molar refractivity (Wildman–Crippen MR) is 53.1 cm³/mol. The normalized spacial score (nSPS) is 10.2. The highest BCUT2D eigenvalue weighted by Crippen LogP contribution is 2.05. The van der Waals surface area contributed by atoms with Crippen LogP contribution >= 0.6 is 0 Å². The Morgan fingerprint density at radius 3 is 3.06 bits per heavy atom. The van der Waals surface area contributed by atoms with Crippen LogP contribution in [0.4, 0.5) is 0 Å². The van der Waals surface area contributed by atoms with Gasteiger partial charge >= 0.3 is 0 Å². The number of hydrogen-bond donors (Lipinski definition) is 1. The summed E-state index contributed by atoms with van der Waals surface area (Å²) in [5, 5.41) is 15.2. The van der Waals surface area contributed by atoms with Gasteiger partial charge in [0.15, 0.2) is 6.33 Å². The van der Waals surface area contributed by atoms with Crippen LogP contribution in [0.1, 0.15) is 17.4 Å². The molecule has 0 radical (unpaired) electrons. The molecule has 0 unspecified atom stereocenters. The SMILES string of the molecule is N#Cc1ccc(CNCCc2ncno2)o1. The second kappa shape index (κ2) is 5.09. The molecule has 16 heavy (non-hydrogen) atoms. The minimum absolute atomic E-state index is 0.328. The molecule has 1 N–H and O–H groups in total. The zero-order chi connectivity index (χ0) is 11.2. The maximum Gasteiger partial charge on any atom is 0.227 e. The Labute approximate surface area is 91.9 Å². The van der Waals surface area contributed by atoms with Gasteiger partial charge in [-0.2, -0.15) is 10.2 Å². The first-order valence-electron chi connectivity index (χ1n) is 4.83. The third-order valence-corrected chi connectivity index (χ3v) is 1.99. The smallest absolute Gasteiger partial charge is 0.227 e. The molecule has 2 heterocycles.